The Bertz CT molecular complexity index is 977. The van der Waals surface area contributed by atoms with Gasteiger partial charge in [0.25, 0.3) is 5.75 Å². The highest BCUT2D eigenvalue weighted by Crippen LogP contribution is 2.44. The summed E-state index contributed by atoms with van der Waals surface area (Å²) >= 11 is 0. The zero-order valence-electron chi connectivity index (χ0n) is 14.7. The number of hydrogen-bond acceptors (Lipinski definition) is 6. The minimum atomic E-state index is -0.729. The van der Waals surface area contributed by atoms with Crippen LogP contribution < -0.4 is 9.47 Å². The molecule has 0 N–H and O–H groups in total. The highest BCUT2D eigenvalue weighted by Gasteiger charge is 2.32. The van der Waals surface area contributed by atoms with Crippen LogP contribution in [0, 0.1) is 20.2 Å². The normalized spacial score (nSPS) is 10.3. The lowest BCUT2D eigenvalue weighted by molar-refractivity contribution is -0.396. The lowest BCUT2D eigenvalue weighted by Gasteiger charge is -2.11. The molecule has 142 valence electrons. The van der Waals surface area contributed by atoms with Crippen LogP contribution in [0.2, 0.25) is 0 Å². The Morgan fingerprint density at radius 3 is 1.71 bits per heavy atom. The predicted octanol–water partition coefficient (Wildman–Crippen LogP) is 4.66. The number of nitro groups is 2. The maximum absolute atomic E-state index is 11.7. The van der Waals surface area contributed by atoms with E-state index in [0.717, 1.165) is 17.2 Å². The Balaban J connectivity index is 1.94. The van der Waals surface area contributed by atoms with Crippen molar-refractivity contribution in [3.63, 3.8) is 0 Å². The third-order valence-electron chi connectivity index (χ3n) is 3.92. The summed E-state index contributed by atoms with van der Waals surface area (Å²) in [5.74, 6) is -0.521. The molecule has 8 nitrogen and oxygen atoms in total. The van der Waals surface area contributed by atoms with E-state index in [1.165, 1.54) is 6.07 Å². The first kappa shape index (κ1) is 18.8. The van der Waals surface area contributed by atoms with E-state index < -0.39 is 27.0 Å². The molecule has 0 aliphatic rings. The van der Waals surface area contributed by atoms with E-state index in [9.17, 15) is 20.2 Å². The second-order valence-corrected chi connectivity index (χ2v) is 5.82. The van der Waals surface area contributed by atoms with Crippen LogP contribution in [0.4, 0.5) is 11.4 Å². The SMILES string of the molecule is O=[N+]([O-])c1ccc(OCc2ccccc2)c([N+](=O)[O-])c1OCc1ccccc1. The summed E-state index contributed by atoms with van der Waals surface area (Å²) in [7, 11) is 0. The number of hydrogen-bond donors (Lipinski definition) is 0. The smallest absolute Gasteiger partial charge is 0.359 e. The van der Waals surface area contributed by atoms with E-state index in [2.05, 4.69) is 0 Å². The molecule has 0 fully saturated rings. The Labute approximate surface area is 160 Å². The van der Waals surface area contributed by atoms with Gasteiger partial charge in [0.15, 0.2) is 0 Å². The van der Waals surface area contributed by atoms with Crippen LogP contribution in [0.1, 0.15) is 11.1 Å². The summed E-state index contributed by atoms with van der Waals surface area (Å²) in [4.78, 5) is 21.6. The van der Waals surface area contributed by atoms with Crippen LogP contribution in [0.15, 0.2) is 72.8 Å². The molecule has 8 heteroatoms. The highest BCUT2D eigenvalue weighted by molar-refractivity contribution is 5.67. The van der Waals surface area contributed by atoms with Crippen molar-refractivity contribution < 1.29 is 19.3 Å². The quantitative estimate of drug-likeness (QED) is 0.416. The third-order valence-corrected chi connectivity index (χ3v) is 3.92. The van der Waals surface area contributed by atoms with Gasteiger partial charge in [-0.3, -0.25) is 20.2 Å². The molecule has 0 heterocycles. The Morgan fingerprint density at radius 1 is 0.679 bits per heavy atom. The van der Waals surface area contributed by atoms with Gasteiger partial charge in [-0.25, -0.2) is 0 Å². The molecule has 28 heavy (non-hydrogen) atoms. The lowest BCUT2D eigenvalue weighted by Crippen LogP contribution is -2.05. The van der Waals surface area contributed by atoms with Crippen molar-refractivity contribution >= 4 is 11.4 Å². The summed E-state index contributed by atoms with van der Waals surface area (Å²) in [6, 6.07) is 20.3. The maximum atomic E-state index is 11.7. The van der Waals surface area contributed by atoms with Crippen molar-refractivity contribution in [2.24, 2.45) is 0 Å². The van der Waals surface area contributed by atoms with Crippen LogP contribution >= 0.6 is 0 Å². The minimum Gasteiger partial charge on any atom is -0.482 e. The average molecular weight is 380 g/mol. The van der Waals surface area contributed by atoms with Gasteiger partial charge in [-0.15, -0.1) is 0 Å². The van der Waals surface area contributed by atoms with Crippen molar-refractivity contribution in [2.75, 3.05) is 0 Å². The fraction of sp³-hybridized carbons (Fsp3) is 0.100. The molecule has 0 spiro atoms. The standard InChI is InChI=1S/C20H16N2O6/c23-21(24)17-11-12-18(27-13-15-7-3-1-4-8-15)19(22(25)26)20(17)28-14-16-9-5-2-6-10-16/h1-12H,13-14H2. The molecule has 3 aromatic carbocycles. The Morgan fingerprint density at radius 2 is 1.21 bits per heavy atom. The molecule has 3 rings (SSSR count). The molecular weight excluding hydrogens is 364 g/mol. The molecule has 3 aromatic rings. The van der Waals surface area contributed by atoms with Crippen LogP contribution in [0.5, 0.6) is 11.5 Å². The zero-order chi connectivity index (χ0) is 19.9. The molecule has 0 saturated carbocycles. The topological polar surface area (TPSA) is 105 Å². The molecule has 0 radical (unpaired) electrons. The molecule has 0 amide bonds. The van der Waals surface area contributed by atoms with Gasteiger partial charge in [-0.1, -0.05) is 60.7 Å². The number of rotatable bonds is 8. The molecule has 0 aliphatic carbocycles. The van der Waals surface area contributed by atoms with Crippen molar-refractivity contribution in [2.45, 2.75) is 13.2 Å². The zero-order valence-corrected chi connectivity index (χ0v) is 14.7. The van der Waals surface area contributed by atoms with Crippen LogP contribution in [0.3, 0.4) is 0 Å². The van der Waals surface area contributed by atoms with Crippen LogP contribution in [-0.2, 0) is 13.2 Å². The van der Waals surface area contributed by atoms with Crippen molar-refractivity contribution in [1.82, 2.24) is 0 Å². The fourth-order valence-corrected chi connectivity index (χ4v) is 2.58. The summed E-state index contributed by atoms with van der Waals surface area (Å²) in [5.41, 5.74) is 0.472. The maximum Gasteiger partial charge on any atom is 0.359 e. The molecule has 0 saturated heterocycles. The first-order chi connectivity index (χ1) is 13.6. The first-order valence-electron chi connectivity index (χ1n) is 8.35. The summed E-state index contributed by atoms with van der Waals surface area (Å²) in [5, 5.41) is 23.0. The summed E-state index contributed by atoms with van der Waals surface area (Å²) in [6.07, 6.45) is 0. The van der Waals surface area contributed by atoms with Crippen molar-refractivity contribution in [3.05, 3.63) is 104 Å². The van der Waals surface area contributed by atoms with Gasteiger partial charge in [0, 0.05) is 6.07 Å². The first-order valence-corrected chi connectivity index (χ1v) is 8.35. The van der Waals surface area contributed by atoms with E-state index in [1.807, 2.05) is 36.4 Å². The van der Waals surface area contributed by atoms with E-state index in [1.54, 1.807) is 24.3 Å². The van der Waals surface area contributed by atoms with E-state index >= 15 is 0 Å². The van der Waals surface area contributed by atoms with Crippen molar-refractivity contribution in [3.8, 4) is 11.5 Å². The third kappa shape index (κ3) is 4.42. The number of benzene rings is 3. The number of nitrogens with zero attached hydrogens (tertiary/aromatic N) is 2. The molecule has 0 aliphatic heterocycles. The van der Waals surface area contributed by atoms with Gasteiger partial charge in [0.1, 0.15) is 13.2 Å². The molecule has 0 unspecified atom stereocenters. The second-order valence-electron chi connectivity index (χ2n) is 5.82. The van der Waals surface area contributed by atoms with Gasteiger partial charge in [-0.05, 0) is 17.2 Å². The number of nitro benzene ring substituents is 2. The van der Waals surface area contributed by atoms with Gasteiger partial charge in [-0.2, -0.15) is 0 Å². The largest absolute Gasteiger partial charge is 0.482 e. The van der Waals surface area contributed by atoms with Crippen LogP contribution in [-0.4, -0.2) is 9.85 Å². The highest BCUT2D eigenvalue weighted by atomic mass is 16.6. The average Bonchev–Trinajstić information content (AvgIpc) is 2.71. The van der Waals surface area contributed by atoms with E-state index in [0.29, 0.717) is 0 Å². The van der Waals surface area contributed by atoms with Gasteiger partial charge in [0.2, 0.25) is 5.75 Å². The van der Waals surface area contributed by atoms with E-state index in [-0.39, 0.29) is 19.0 Å². The summed E-state index contributed by atoms with van der Waals surface area (Å²) < 4.78 is 11.1. The molecular formula is C20H16N2O6. The van der Waals surface area contributed by atoms with E-state index in [4.69, 9.17) is 9.47 Å². The fourth-order valence-electron chi connectivity index (χ4n) is 2.58. The van der Waals surface area contributed by atoms with Gasteiger partial charge < -0.3 is 9.47 Å². The molecule has 0 atom stereocenters. The monoisotopic (exact) mass is 380 g/mol. The number of ether oxygens (including phenoxy) is 2. The Kier molecular flexibility index (Phi) is 5.81. The second kappa shape index (κ2) is 8.63. The van der Waals surface area contributed by atoms with Gasteiger partial charge >= 0.3 is 11.4 Å². The molecule has 0 aromatic heterocycles. The van der Waals surface area contributed by atoms with Gasteiger partial charge in [0.05, 0.1) is 9.85 Å². The minimum absolute atomic E-state index is 0.0509. The van der Waals surface area contributed by atoms with Crippen LogP contribution in [0.25, 0.3) is 0 Å². The lowest BCUT2D eigenvalue weighted by atomic mass is 10.2. The summed E-state index contributed by atoms with van der Waals surface area (Å²) in [6.45, 7) is 0.0300. The molecule has 0 bridgehead atoms. The predicted molar refractivity (Wildman–Crippen MR) is 101 cm³/mol. The Hall–Kier alpha value is -3.94. The van der Waals surface area contributed by atoms with Crippen molar-refractivity contribution in [1.29, 1.82) is 0 Å².